The van der Waals surface area contributed by atoms with Gasteiger partial charge in [0.15, 0.2) is 11.5 Å². The van der Waals surface area contributed by atoms with Crippen LogP contribution in [0.5, 0.6) is 5.75 Å². The smallest absolute Gasteiger partial charge is 0.276 e. The lowest BCUT2D eigenvalue weighted by Crippen LogP contribution is -2.14. The van der Waals surface area contributed by atoms with Crippen molar-refractivity contribution >= 4 is 22.9 Å². The van der Waals surface area contributed by atoms with E-state index in [0.29, 0.717) is 11.4 Å². The number of ether oxygens (including phenoxy) is 1. The molecule has 1 amide bonds. The molecule has 0 saturated carbocycles. The molecule has 0 fully saturated rings. The number of carbonyl (C=O) groups is 1. The van der Waals surface area contributed by atoms with Gasteiger partial charge in [0.05, 0.1) is 24.7 Å². The van der Waals surface area contributed by atoms with Crippen LogP contribution < -0.4 is 10.1 Å². The third-order valence-corrected chi connectivity index (χ3v) is 5.11. The number of benzene rings is 1. The molecular weight excluding hydrogens is 393 g/mol. The van der Waals surface area contributed by atoms with Gasteiger partial charge in [-0.2, -0.15) is 5.10 Å². The largest absolute Gasteiger partial charge is 0.496 e. The lowest BCUT2D eigenvalue weighted by Gasteiger charge is -2.10. The van der Waals surface area contributed by atoms with Crippen molar-refractivity contribution in [3.05, 3.63) is 65.8 Å². The molecule has 1 N–H and O–H groups in total. The number of methoxy groups -OCH3 is 1. The van der Waals surface area contributed by atoms with Gasteiger partial charge in [0.2, 0.25) is 0 Å². The first-order valence-electron chi connectivity index (χ1n) is 8.60. The van der Waals surface area contributed by atoms with Crippen molar-refractivity contribution in [1.29, 1.82) is 0 Å². The van der Waals surface area contributed by atoms with Crippen molar-refractivity contribution in [2.24, 2.45) is 7.05 Å². The summed E-state index contributed by atoms with van der Waals surface area (Å²) >= 11 is 1.53. The molecular formula is C20H16FN5O2S. The second kappa shape index (κ2) is 7.80. The van der Waals surface area contributed by atoms with E-state index >= 15 is 0 Å². The number of anilines is 1. The number of rotatable bonds is 5. The molecule has 0 aliphatic carbocycles. The Labute approximate surface area is 169 Å². The molecule has 0 atom stereocenters. The number of hydrogen-bond donors (Lipinski definition) is 1. The number of pyridine rings is 1. The molecule has 0 saturated heterocycles. The van der Waals surface area contributed by atoms with Crippen molar-refractivity contribution in [3.63, 3.8) is 0 Å². The fourth-order valence-corrected chi connectivity index (χ4v) is 3.54. The summed E-state index contributed by atoms with van der Waals surface area (Å²) in [6, 6.07) is 8.75. The Morgan fingerprint density at radius 2 is 2.10 bits per heavy atom. The van der Waals surface area contributed by atoms with Crippen LogP contribution in [0.1, 0.15) is 10.5 Å². The number of aryl methyl sites for hydroxylation is 1. The number of nitrogens with zero attached hydrogens (tertiary/aromatic N) is 4. The first kappa shape index (κ1) is 18.8. The molecule has 0 aliphatic rings. The average molecular weight is 409 g/mol. The Morgan fingerprint density at radius 3 is 2.83 bits per heavy atom. The summed E-state index contributed by atoms with van der Waals surface area (Å²) in [5.74, 6) is -0.498. The minimum atomic E-state index is -0.616. The van der Waals surface area contributed by atoms with E-state index < -0.39 is 11.7 Å². The summed E-state index contributed by atoms with van der Waals surface area (Å²) in [5, 5.41) is 9.57. The van der Waals surface area contributed by atoms with Crippen LogP contribution in [0.25, 0.3) is 21.8 Å². The summed E-state index contributed by atoms with van der Waals surface area (Å²) in [4.78, 5) is 20.6. The van der Waals surface area contributed by atoms with Crippen molar-refractivity contribution < 1.29 is 13.9 Å². The number of thiazole rings is 1. The second-order valence-corrected chi connectivity index (χ2v) is 6.99. The molecule has 1 aromatic carbocycles. The lowest BCUT2D eigenvalue weighted by atomic mass is 10.1. The van der Waals surface area contributed by atoms with Crippen LogP contribution in [0, 0.1) is 5.82 Å². The Bertz CT molecular complexity index is 1170. The van der Waals surface area contributed by atoms with Gasteiger partial charge in [0, 0.05) is 35.9 Å². The summed E-state index contributed by atoms with van der Waals surface area (Å²) < 4.78 is 20.8. The normalized spacial score (nSPS) is 10.7. The van der Waals surface area contributed by atoms with Gasteiger partial charge in [0.1, 0.15) is 10.8 Å². The molecule has 7 nitrogen and oxygen atoms in total. The molecule has 3 heterocycles. The molecule has 9 heteroatoms. The van der Waals surface area contributed by atoms with Crippen LogP contribution in [0.2, 0.25) is 0 Å². The van der Waals surface area contributed by atoms with Crippen molar-refractivity contribution in [2.75, 3.05) is 12.4 Å². The zero-order chi connectivity index (χ0) is 20.4. The van der Waals surface area contributed by atoms with Crippen molar-refractivity contribution in [2.45, 2.75) is 0 Å². The third-order valence-electron chi connectivity index (χ3n) is 4.29. The maximum atomic E-state index is 13.8. The fraction of sp³-hybridized carbons (Fsp3) is 0.100. The highest BCUT2D eigenvalue weighted by molar-refractivity contribution is 7.13. The highest BCUT2D eigenvalue weighted by Gasteiger charge is 2.18. The van der Waals surface area contributed by atoms with Gasteiger partial charge in [-0.05, 0) is 30.3 Å². The molecule has 4 aromatic rings. The van der Waals surface area contributed by atoms with E-state index in [1.165, 1.54) is 23.6 Å². The molecule has 0 radical (unpaired) electrons. The number of aromatic nitrogens is 4. The molecule has 0 aliphatic heterocycles. The first-order chi connectivity index (χ1) is 14.1. The van der Waals surface area contributed by atoms with Crippen molar-refractivity contribution in [3.8, 4) is 27.6 Å². The van der Waals surface area contributed by atoms with Gasteiger partial charge < -0.3 is 10.1 Å². The molecule has 29 heavy (non-hydrogen) atoms. The zero-order valence-electron chi connectivity index (χ0n) is 15.6. The lowest BCUT2D eigenvalue weighted by molar-refractivity contribution is 0.102. The van der Waals surface area contributed by atoms with Crippen LogP contribution in [0.3, 0.4) is 0 Å². The minimum Gasteiger partial charge on any atom is -0.496 e. The first-order valence-corrected chi connectivity index (χ1v) is 9.48. The van der Waals surface area contributed by atoms with E-state index in [1.807, 2.05) is 23.6 Å². The standard InChI is InChI=1S/C20H16FN5O2S/c1-26-17(10-16(25-26)19(27)24-15-5-6-22-11-14(15)21)13-9-12(3-4-18(13)28-2)20-23-7-8-29-20/h3-11H,1-2H3,(H,22,24,27). The molecule has 0 spiro atoms. The van der Waals surface area contributed by atoms with Gasteiger partial charge in [-0.25, -0.2) is 9.37 Å². The van der Waals surface area contributed by atoms with E-state index in [1.54, 1.807) is 31.1 Å². The van der Waals surface area contributed by atoms with E-state index in [0.717, 1.165) is 22.3 Å². The number of halogens is 1. The van der Waals surface area contributed by atoms with Gasteiger partial charge in [-0.1, -0.05) is 0 Å². The Kier molecular flexibility index (Phi) is 5.05. The Balaban J connectivity index is 1.70. The van der Waals surface area contributed by atoms with E-state index in [4.69, 9.17) is 4.74 Å². The van der Waals surface area contributed by atoms with Crippen LogP contribution in [0.15, 0.2) is 54.3 Å². The van der Waals surface area contributed by atoms with Gasteiger partial charge in [0.25, 0.3) is 5.91 Å². The monoisotopic (exact) mass is 409 g/mol. The predicted molar refractivity (Wildman–Crippen MR) is 108 cm³/mol. The third kappa shape index (κ3) is 3.72. The van der Waals surface area contributed by atoms with Crippen LogP contribution in [-0.4, -0.2) is 32.8 Å². The van der Waals surface area contributed by atoms with Gasteiger partial charge in [-0.3, -0.25) is 14.5 Å². The molecule has 4 rings (SSSR count). The zero-order valence-corrected chi connectivity index (χ0v) is 16.4. The number of hydrogen-bond acceptors (Lipinski definition) is 6. The Hall–Kier alpha value is -3.59. The Morgan fingerprint density at radius 1 is 1.24 bits per heavy atom. The summed E-state index contributed by atoms with van der Waals surface area (Å²) in [5.41, 5.74) is 2.58. The summed E-state index contributed by atoms with van der Waals surface area (Å²) in [6.45, 7) is 0. The summed E-state index contributed by atoms with van der Waals surface area (Å²) in [7, 11) is 3.31. The highest BCUT2D eigenvalue weighted by atomic mass is 32.1. The number of amides is 1. The van der Waals surface area contributed by atoms with E-state index in [-0.39, 0.29) is 11.4 Å². The predicted octanol–water partition coefficient (Wildman–Crippen LogP) is 4.01. The summed E-state index contributed by atoms with van der Waals surface area (Å²) in [6.07, 6.45) is 4.18. The van der Waals surface area contributed by atoms with Crippen molar-refractivity contribution in [1.82, 2.24) is 19.7 Å². The van der Waals surface area contributed by atoms with Crippen LogP contribution in [-0.2, 0) is 7.05 Å². The topological polar surface area (TPSA) is 81.9 Å². The minimum absolute atomic E-state index is 0.0422. The highest BCUT2D eigenvalue weighted by Crippen LogP contribution is 2.35. The fourth-order valence-electron chi connectivity index (χ4n) is 2.90. The number of nitrogens with one attached hydrogen (secondary N) is 1. The molecule has 0 unspecified atom stereocenters. The quantitative estimate of drug-likeness (QED) is 0.539. The van der Waals surface area contributed by atoms with Crippen LogP contribution >= 0.6 is 11.3 Å². The molecule has 3 aromatic heterocycles. The molecule has 0 bridgehead atoms. The van der Waals surface area contributed by atoms with Gasteiger partial charge in [-0.15, -0.1) is 11.3 Å². The maximum Gasteiger partial charge on any atom is 0.276 e. The van der Waals surface area contributed by atoms with Crippen LogP contribution in [0.4, 0.5) is 10.1 Å². The average Bonchev–Trinajstić information content (AvgIpc) is 3.39. The molecule has 146 valence electrons. The number of carbonyl (C=O) groups excluding carboxylic acids is 1. The second-order valence-electron chi connectivity index (χ2n) is 6.10. The SMILES string of the molecule is COc1ccc(-c2nccs2)cc1-c1cc(C(=O)Nc2ccncc2F)nn1C. The maximum absolute atomic E-state index is 13.8. The van der Waals surface area contributed by atoms with Gasteiger partial charge >= 0.3 is 0 Å². The van der Waals surface area contributed by atoms with E-state index in [9.17, 15) is 9.18 Å². The van der Waals surface area contributed by atoms with E-state index in [2.05, 4.69) is 20.4 Å².